The Labute approximate surface area is 177 Å². The average molecular weight is 385 g/mol. The molecule has 28 heavy (non-hydrogen) atoms. The van der Waals surface area contributed by atoms with Gasteiger partial charge in [0.15, 0.2) is 0 Å². The van der Waals surface area contributed by atoms with E-state index >= 15 is 0 Å². The van der Waals surface area contributed by atoms with Gasteiger partial charge in [-0.15, -0.1) is 0 Å². The molecule has 0 unspecified atom stereocenters. The highest BCUT2D eigenvalue weighted by molar-refractivity contribution is 5.47. The molecule has 0 aliphatic carbocycles. The summed E-state index contributed by atoms with van der Waals surface area (Å²) in [7, 11) is 0. The normalized spacial score (nSPS) is 11.7. The second-order valence-corrected chi connectivity index (χ2v) is 9.41. The first-order valence-electron chi connectivity index (χ1n) is 12.3. The smallest absolute Gasteiger partial charge is 0.0104 e. The molecule has 1 aromatic carbocycles. The minimum atomic E-state index is 0.288. The molecule has 0 heterocycles. The van der Waals surface area contributed by atoms with Gasteiger partial charge in [0.2, 0.25) is 0 Å². The van der Waals surface area contributed by atoms with E-state index < -0.39 is 0 Å². The van der Waals surface area contributed by atoms with Crippen LogP contribution in [0.15, 0.2) is 30.8 Å². The Hall–Kier alpha value is -1.04. The van der Waals surface area contributed by atoms with Gasteiger partial charge in [-0.1, -0.05) is 154 Å². The highest BCUT2D eigenvalue weighted by Crippen LogP contribution is 2.29. The Kier molecular flexibility index (Phi) is 14.1. The summed E-state index contributed by atoms with van der Waals surface area (Å²) in [5.41, 5.74) is 2.96. The van der Waals surface area contributed by atoms with Gasteiger partial charge in [0.05, 0.1) is 0 Å². The zero-order valence-corrected chi connectivity index (χ0v) is 19.4. The van der Waals surface area contributed by atoms with Crippen molar-refractivity contribution in [2.24, 2.45) is 0 Å². The molecule has 0 atom stereocenters. The molecule has 0 fully saturated rings. The zero-order valence-electron chi connectivity index (χ0n) is 19.4. The molecule has 160 valence electrons. The second kappa shape index (κ2) is 15.8. The molecule has 0 N–H and O–H groups in total. The van der Waals surface area contributed by atoms with Crippen molar-refractivity contribution in [3.05, 3.63) is 42.0 Å². The fourth-order valence-corrected chi connectivity index (χ4v) is 4.15. The Morgan fingerprint density at radius 2 is 1.04 bits per heavy atom. The number of hydrogen-bond acceptors (Lipinski definition) is 0. The van der Waals surface area contributed by atoms with Gasteiger partial charge >= 0.3 is 0 Å². The molecular formula is C28H48. The Morgan fingerprint density at radius 3 is 1.43 bits per heavy atom. The summed E-state index contributed by atoms with van der Waals surface area (Å²) >= 11 is 0. The van der Waals surface area contributed by atoms with Gasteiger partial charge in [0.25, 0.3) is 0 Å². The van der Waals surface area contributed by atoms with Crippen molar-refractivity contribution in [1.29, 1.82) is 0 Å². The van der Waals surface area contributed by atoms with E-state index in [-0.39, 0.29) is 5.41 Å². The Balaban J connectivity index is 1.93. The lowest BCUT2D eigenvalue weighted by atomic mass is 9.79. The SMILES string of the molecule is C=Cc1ccc(C(C)(C)CCCCCCCCCCCCCCCCC)cc1. The van der Waals surface area contributed by atoms with E-state index in [0.29, 0.717) is 0 Å². The summed E-state index contributed by atoms with van der Waals surface area (Å²) in [6.45, 7) is 10.9. The van der Waals surface area contributed by atoms with Crippen molar-refractivity contribution in [2.75, 3.05) is 0 Å². The molecule has 0 radical (unpaired) electrons. The highest BCUT2D eigenvalue weighted by Gasteiger charge is 2.19. The van der Waals surface area contributed by atoms with Crippen molar-refractivity contribution < 1.29 is 0 Å². The lowest BCUT2D eigenvalue weighted by Crippen LogP contribution is -2.16. The molecule has 0 spiro atoms. The summed E-state index contributed by atoms with van der Waals surface area (Å²) in [6, 6.07) is 8.94. The zero-order chi connectivity index (χ0) is 20.5. The van der Waals surface area contributed by atoms with Crippen LogP contribution >= 0.6 is 0 Å². The third kappa shape index (κ3) is 11.7. The monoisotopic (exact) mass is 384 g/mol. The van der Waals surface area contributed by atoms with Gasteiger partial charge in [-0.05, 0) is 23.0 Å². The van der Waals surface area contributed by atoms with Crippen LogP contribution in [-0.2, 0) is 5.41 Å². The van der Waals surface area contributed by atoms with Crippen molar-refractivity contribution in [3.8, 4) is 0 Å². The van der Waals surface area contributed by atoms with Crippen LogP contribution in [0, 0.1) is 0 Å². The van der Waals surface area contributed by atoms with Crippen molar-refractivity contribution in [1.82, 2.24) is 0 Å². The summed E-state index contributed by atoms with van der Waals surface area (Å²) in [5.74, 6) is 0. The molecule has 0 bridgehead atoms. The van der Waals surface area contributed by atoms with Gasteiger partial charge in [0.1, 0.15) is 0 Å². The van der Waals surface area contributed by atoms with E-state index in [1.807, 2.05) is 6.08 Å². The van der Waals surface area contributed by atoms with E-state index in [1.54, 1.807) is 0 Å². The summed E-state index contributed by atoms with van der Waals surface area (Å²) in [6.07, 6.45) is 24.8. The molecule has 1 rings (SSSR count). The predicted molar refractivity (Wildman–Crippen MR) is 129 cm³/mol. The van der Waals surface area contributed by atoms with E-state index in [0.717, 1.165) is 0 Å². The van der Waals surface area contributed by atoms with Crippen LogP contribution in [0.4, 0.5) is 0 Å². The minimum absolute atomic E-state index is 0.288. The largest absolute Gasteiger partial charge is 0.0985 e. The van der Waals surface area contributed by atoms with Crippen LogP contribution in [0.25, 0.3) is 6.08 Å². The van der Waals surface area contributed by atoms with Crippen LogP contribution in [0.1, 0.15) is 135 Å². The first-order chi connectivity index (χ1) is 13.6. The van der Waals surface area contributed by atoms with Gasteiger partial charge in [-0.25, -0.2) is 0 Å². The first kappa shape index (κ1) is 25.0. The van der Waals surface area contributed by atoms with Gasteiger partial charge < -0.3 is 0 Å². The second-order valence-electron chi connectivity index (χ2n) is 9.41. The third-order valence-electron chi connectivity index (χ3n) is 6.33. The first-order valence-corrected chi connectivity index (χ1v) is 12.3. The van der Waals surface area contributed by atoms with Gasteiger partial charge in [-0.3, -0.25) is 0 Å². The highest BCUT2D eigenvalue weighted by atomic mass is 14.2. The maximum atomic E-state index is 3.84. The fourth-order valence-electron chi connectivity index (χ4n) is 4.15. The van der Waals surface area contributed by atoms with Gasteiger partial charge in [0, 0.05) is 0 Å². The molecule has 0 nitrogen and oxygen atoms in total. The molecule has 0 heteroatoms. The van der Waals surface area contributed by atoms with Gasteiger partial charge in [-0.2, -0.15) is 0 Å². The molecule has 0 aromatic heterocycles. The predicted octanol–water partition coefficient (Wildman–Crippen LogP) is 9.87. The summed E-state index contributed by atoms with van der Waals surface area (Å²) in [5, 5.41) is 0. The van der Waals surface area contributed by atoms with Crippen LogP contribution in [0.3, 0.4) is 0 Å². The lowest BCUT2D eigenvalue weighted by molar-refractivity contribution is 0.441. The van der Waals surface area contributed by atoms with Crippen molar-refractivity contribution in [2.45, 2.75) is 129 Å². The Bertz CT molecular complexity index is 479. The van der Waals surface area contributed by atoms with Crippen molar-refractivity contribution >= 4 is 6.08 Å². The Morgan fingerprint density at radius 1 is 0.643 bits per heavy atom. The molecule has 0 aliphatic rings. The van der Waals surface area contributed by atoms with Crippen LogP contribution in [-0.4, -0.2) is 0 Å². The number of rotatable bonds is 18. The fraction of sp³-hybridized carbons (Fsp3) is 0.714. The third-order valence-corrected chi connectivity index (χ3v) is 6.33. The summed E-state index contributed by atoms with van der Waals surface area (Å²) in [4.78, 5) is 0. The molecule has 0 aliphatic heterocycles. The average Bonchev–Trinajstić information content (AvgIpc) is 2.71. The maximum Gasteiger partial charge on any atom is -0.0104 e. The van der Waals surface area contributed by atoms with E-state index in [1.165, 1.54) is 114 Å². The molecule has 0 saturated heterocycles. The quantitative estimate of drug-likeness (QED) is 0.221. The molecule has 0 saturated carbocycles. The van der Waals surface area contributed by atoms with Crippen LogP contribution in [0.5, 0.6) is 0 Å². The lowest BCUT2D eigenvalue weighted by Gasteiger charge is -2.25. The number of hydrogen-bond donors (Lipinski definition) is 0. The topological polar surface area (TPSA) is 0 Å². The molecular weight excluding hydrogens is 336 g/mol. The van der Waals surface area contributed by atoms with Crippen LogP contribution < -0.4 is 0 Å². The maximum absolute atomic E-state index is 3.84. The molecule has 0 amide bonds. The molecule has 1 aromatic rings. The van der Waals surface area contributed by atoms with E-state index in [9.17, 15) is 0 Å². The number of unbranched alkanes of at least 4 members (excludes halogenated alkanes) is 14. The van der Waals surface area contributed by atoms with E-state index in [4.69, 9.17) is 0 Å². The van der Waals surface area contributed by atoms with E-state index in [2.05, 4.69) is 51.6 Å². The standard InChI is InChI=1S/C28H48/c1-5-7-8-9-10-11-12-13-14-15-16-17-18-19-20-25-28(3,4)27-23-21-26(6-2)22-24-27/h6,21-24H,2,5,7-20,25H2,1,3-4H3. The number of benzene rings is 1. The summed E-state index contributed by atoms with van der Waals surface area (Å²) < 4.78 is 0. The minimum Gasteiger partial charge on any atom is -0.0985 e. The van der Waals surface area contributed by atoms with Crippen molar-refractivity contribution in [3.63, 3.8) is 0 Å². The van der Waals surface area contributed by atoms with Crippen LogP contribution in [0.2, 0.25) is 0 Å².